The molecule has 3 aromatic carbocycles. The largest absolute Gasteiger partial charge is 0.483 e. The molecule has 0 unspecified atom stereocenters. The van der Waals surface area contributed by atoms with Gasteiger partial charge in [0.25, 0.3) is 0 Å². The molecule has 0 bridgehead atoms. The highest BCUT2D eigenvalue weighted by Crippen LogP contribution is 2.26. The predicted molar refractivity (Wildman–Crippen MR) is 108 cm³/mol. The van der Waals surface area contributed by atoms with E-state index in [1.165, 1.54) is 30.0 Å². The number of aromatic nitrogens is 3. The Morgan fingerprint density at radius 2 is 1.66 bits per heavy atom. The Balaban J connectivity index is 1.59. The van der Waals surface area contributed by atoms with E-state index < -0.39 is 5.82 Å². The van der Waals surface area contributed by atoms with Crippen molar-refractivity contribution in [3.63, 3.8) is 0 Å². The molecule has 4 aromatic rings. The van der Waals surface area contributed by atoms with Crippen molar-refractivity contribution in [2.75, 3.05) is 0 Å². The number of benzene rings is 3. The SMILES string of the molecule is Fc1cccc(CSc2nnc(COc3ccccc3F)n2-c2ccccc2)c1. The van der Waals surface area contributed by atoms with Crippen LogP contribution in [0.25, 0.3) is 5.69 Å². The van der Waals surface area contributed by atoms with Gasteiger partial charge in [-0.3, -0.25) is 4.57 Å². The van der Waals surface area contributed by atoms with Gasteiger partial charge in [-0.2, -0.15) is 0 Å². The molecule has 4 rings (SSSR count). The van der Waals surface area contributed by atoms with Crippen molar-refractivity contribution in [1.29, 1.82) is 0 Å². The Morgan fingerprint density at radius 3 is 2.45 bits per heavy atom. The molecule has 4 nitrogen and oxygen atoms in total. The van der Waals surface area contributed by atoms with Crippen molar-refractivity contribution in [3.8, 4) is 11.4 Å². The van der Waals surface area contributed by atoms with Crippen LogP contribution < -0.4 is 4.74 Å². The summed E-state index contributed by atoms with van der Waals surface area (Å²) in [5.74, 6) is 0.535. The highest BCUT2D eigenvalue weighted by molar-refractivity contribution is 7.98. The molecule has 0 saturated heterocycles. The summed E-state index contributed by atoms with van der Waals surface area (Å²) in [4.78, 5) is 0. The average Bonchev–Trinajstić information content (AvgIpc) is 3.15. The first-order valence-corrected chi connectivity index (χ1v) is 9.93. The molecule has 0 amide bonds. The highest BCUT2D eigenvalue weighted by atomic mass is 32.2. The maximum absolute atomic E-state index is 13.9. The molecule has 0 fully saturated rings. The molecule has 0 aliphatic carbocycles. The summed E-state index contributed by atoms with van der Waals surface area (Å²) in [6.07, 6.45) is 0. The molecule has 1 aromatic heterocycles. The second kappa shape index (κ2) is 8.87. The normalized spacial score (nSPS) is 10.8. The molecule has 0 aliphatic heterocycles. The van der Waals surface area contributed by atoms with Gasteiger partial charge in [0, 0.05) is 11.4 Å². The van der Waals surface area contributed by atoms with E-state index in [4.69, 9.17) is 4.74 Å². The van der Waals surface area contributed by atoms with Crippen molar-refractivity contribution in [1.82, 2.24) is 14.8 Å². The molecule has 29 heavy (non-hydrogen) atoms. The fourth-order valence-electron chi connectivity index (χ4n) is 2.80. The number of thioether (sulfide) groups is 1. The van der Waals surface area contributed by atoms with Crippen LogP contribution in [0.4, 0.5) is 8.78 Å². The lowest BCUT2D eigenvalue weighted by molar-refractivity contribution is 0.278. The number of halogens is 2. The number of rotatable bonds is 7. The van der Waals surface area contributed by atoms with Crippen molar-refractivity contribution in [3.05, 3.63) is 102 Å². The summed E-state index contributed by atoms with van der Waals surface area (Å²) < 4.78 is 34.8. The third kappa shape index (κ3) is 4.63. The topological polar surface area (TPSA) is 39.9 Å². The van der Waals surface area contributed by atoms with Gasteiger partial charge in [0.1, 0.15) is 12.4 Å². The predicted octanol–water partition coefficient (Wildman–Crippen LogP) is 5.42. The van der Waals surface area contributed by atoms with E-state index in [0.717, 1.165) is 11.3 Å². The van der Waals surface area contributed by atoms with E-state index in [0.29, 0.717) is 16.7 Å². The molecule has 7 heteroatoms. The summed E-state index contributed by atoms with van der Waals surface area (Å²) in [5, 5.41) is 9.16. The van der Waals surface area contributed by atoms with Gasteiger partial charge >= 0.3 is 0 Å². The Labute approximate surface area is 171 Å². The lowest BCUT2D eigenvalue weighted by atomic mass is 10.2. The summed E-state index contributed by atoms with van der Waals surface area (Å²) in [6, 6.07) is 22.3. The van der Waals surface area contributed by atoms with Gasteiger partial charge in [0.05, 0.1) is 0 Å². The van der Waals surface area contributed by atoms with Gasteiger partial charge in [-0.15, -0.1) is 10.2 Å². The molecule has 146 valence electrons. The van der Waals surface area contributed by atoms with Crippen LogP contribution in [0.1, 0.15) is 11.4 Å². The van der Waals surface area contributed by atoms with E-state index in [9.17, 15) is 8.78 Å². The summed E-state index contributed by atoms with van der Waals surface area (Å²) in [7, 11) is 0. The Bertz CT molecular complexity index is 1100. The Morgan fingerprint density at radius 1 is 0.862 bits per heavy atom. The van der Waals surface area contributed by atoms with Crippen LogP contribution >= 0.6 is 11.8 Å². The minimum absolute atomic E-state index is 0.0589. The molecule has 0 spiro atoms. The molecule has 0 radical (unpaired) electrons. The Hall–Kier alpha value is -3.19. The van der Waals surface area contributed by atoms with E-state index in [2.05, 4.69) is 10.2 Å². The van der Waals surface area contributed by atoms with E-state index in [1.54, 1.807) is 24.3 Å². The van der Waals surface area contributed by atoms with Crippen molar-refractivity contribution in [2.45, 2.75) is 17.5 Å². The first-order valence-electron chi connectivity index (χ1n) is 8.95. The maximum Gasteiger partial charge on any atom is 0.196 e. The van der Waals surface area contributed by atoms with Gasteiger partial charge in [0.15, 0.2) is 22.5 Å². The third-order valence-electron chi connectivity index (χ3n) is 4.17. The van der Waals surface area contributed by atoms with E-state index >= 15 is 0 Å². The quantitative estimate of drug-likeness (QED) is 0.382. The fraction of sp³-hybridized carbons (Fsp3) is 0.0909. The van der Waals surface area contributed by atoms with Gasteiger partial charge < -0.3 is 4.74 Å². The number of nitrogens with zero attached hydrogens (tertiary/aromatic N) is 3. The van der Waals surface area contributed by atoms with Crippen LogP contribution in [0.15, 0.2) is 84.0 Å². The van der Waals surface area contributed by atoms with E-state index in [-0.39, 0.29) is 18.2 Å². The fourth-order valence-corrected chi connectivity index (χ4v) is 3.72. The maximum atomic E-state index is 13.9. The monoisotopic (exact) mass is 409 g/mol. The van der Waals surface area contributed by atoms with Crippen LogP contribution in [0.5, 0.6) is 5.75 Å². The van der Waals surface area contributed by atoms with Gasteiger partial charge in [-0.25, -0.2) is 8.78 Å². The number of ether oxygens (including phenoxy) is 1. The van der Waals surface area contributed by atoms with Crippen LogP contribution in [-0.4, -0.2) is 14.8 Å². The summed E-state index contributed by atoms with van der Waals surface area (Å²) in [6.45, 7) is 0.0589. The van der Waals surface area contributed by atoms with Crippen LogP contribution in [0.3, 0.4) is 0 Å². The molecule has 0 atom stereocenters. The van der Waals surface area contributed by atoms with Crippen LogP contribution in [0.2, 0.25) is 0 Å². The zero-order valence-electron chi connectivity index (χ0n) is 15.3. The second-order valence-corrected chi connectivity index (χ2v) is 7.15. The lowest BCUT2D eigenvalue weighted by Crippen LogP contribution is -2.07. The zero-order chi connectivity index (χ0) is 20.1. The summed E-state index contributed by atoms with van der Waals surface area (Å²) >= 11 is 1.44. The standard InChI is InChI=1S/C22H17F2N3OS/c23-17-8-6-7-16(13-17)15-29-22-26-25-21(27(22)18-9-2-1-3-10-18)14-28-20-12-5-4-11-19(20)24/h1-13H,14-15H2. The molecule has 1 heterocycles. The molecule has 0 N–H and O–H groups in total. The molecular weight excluding hydrogens is 392 g/mol. The molecular formula is C22H17F2N3OS. The second-order valence-electron chi connectivity index (χ2n) is 6.21. The van der Waals surface area contributed by atoms with Gasteiger partial charge in [-0.05, 0) is 42.0 Å². The van der Waals surface area contributed by atoms with Gasteiger partial charge in [-0.1, -0.05) is 54.2 Å². The van der Waals surface area contributed by atoms with E-state index in [1.807, 2.05) is 41.0 Å². The first-order chi connectivity index (χ1) is 14.2. The summed E-state index contributed by atoms with van der Waals surface area (Å²) in [5.41, 5.74) is 1.72. The van der Waals surface area contributed by atoms with Gasteiger partial charge in [0.2, 0.25) is 0 Å². The number of hydrogen-bond donors (Lipinski definition) is 0. The number of para-hydroxylation sites is 2. The molecule has 0 saturated carbocycles. The highest BCUT2D eigenvalue weighted by Gasteiger charge is 2.16. The number of hydrogen-bond acceptors (Lipinski definition) is 4. The minimum Gasteiger partial charge on any atom is -0.483 e. The smallest absolute Gasteiger partial charge is 0.196 e. The van der Waals surface area contributed by atoms with Crippen LogP contribution in [-0.2, 0) is 12.4 Å². The average molecular weight is 409 g/mol. The lowest BCUT2D eigenvalue weighted by Gasteiger charge is -2.11. The Kier molecular flexibility index (Phi) is 5.86. The third-order valence-corrected chi connectivity index (χ3v) is 5.17. The minimum atomic E-state index is -0.432. The van der Waals surface area contributed by atoms with Crippen molar-refractivity contribution in [2.24, 2.45) is 0 Å². The molecule has 0 aliphatic rings. The van der Waals surface area contributed by atoms with Crippen molar-refractivity contribution >= 4 is 11.8 Å². The van der Waals surface area contributed by atoms with Crippen LogP contribution in [0, 0.1) is 11.6 Å². The zero-order valence-corrected chi connectivity index (χ0v) is 16.2. The van der Waals surface area contributed by atoms with Crippen molar-refractivity contribution < 1.29 is 13.5 Å². The first kappa shape index (κ1) is 19.1.